The molecule has 27 heavy (non-hydrogen) atoms. The van der Waals surface area contributed by atoms with Crippen molar-refractivity contribution in [3.8, 4) is 11.6 Å². The van der Waals surface area contributed by atoms with Crippen molar-refractivity contribution in [2.45, 2.75) is 57.0 Å². The first-order valence-electron chi connectivity index (χ1n) is 10.3. The van der Waals surface area contributed by atoms with Crippen molar-refractivity contribution < 1.29 is 14.2 Å². The van der Waals surface area contributed by atoms with Crippen LogP contribution >= 0.6 is 0 Å². The van der Waals surface area contributed by atoms with E-state index in [1.165, 1.54) is 36.8 Å². The Morgan fingerprint density at radius 3 is 2.52 bits per heavy atom. The quantitative estimate of drug-likeness (QED) is 0.621. The van der Waals surface area contributed by atoms with Crippen molar-refractivity contribution >= 4 is 0 Å². The highest BCUT2D eigenvalue weighted by Crippen LogP contribution is 2.34. The molecule has 1 aromatic carbocycles. The molecule has 1 saturated heterocycles. The van der Waals surface area contributed by atoms with E-state index in [0.717, 1.165) is 37.5 Å². The lowest BCUT2D eigenvalue weighted by atomic mass is 9.98. The Balaban J connectivity index is 1.20. The Kier molecular flexibility index (Phi) is 6.25. The van der Waals surface area contributed by atoms with Gasteiger partial charge in [-0.15, -0.1) is 0 Å². The first-order valence-corrected chi connectivity index (χ1v) is 10.3. The Morgan fingerprint density at radius 1 is 0.926 bits per heavy atom. The summed E-state index contributed by atoms with van der Waals surface area (Å²) in [6.45, 7) is 1.89. The lowest BCUT2D eigenvalue weighted by Crippen LogP contribution is -2.11. The third kappa shape index (κ3) is 5.23. The average molecular weight is 367 g/mol. The number of benzene rings is 1. The second-order valence-electron chi connectivity index (χ2n) is 7.59. The zero-order chi connectivity index (χ0) is 18.3. The number of rotatable bonds is 8. The second kappa shape index (κ2) is 9.23. The molecular formula is C23H29NO3. The molecular weight excluding hydrogens is 338 g/mol. The molecule has 1 unspecified atom stereocenters. The molecule has 1 aromatic heterocycles. The van der Waals surface area contributed by atoms with Crippen molar-refractivity contribution in [2.24, 2.45) is 0 Å². The Hall–Kier alpha value is -2.07. The number of aromatic nitrogens is 1. The highest BCUT2D eigenvalue weighted by atomic mass is 16.5. The van der Waals surface area contributed by atoms with Gasteiger partial charge in [0.2, 0.25) is 5.88 Å². The molecule has 4 rings (SSSR count). The van der Waals surface area contributed by atoms with Gasteiger partial charge in [0.25, 0.3) is 0 Å². The summed E-state index contributed by atoms with van der Waals surface area (Å²) in [5.41, 5.74) is 2.67. The fourth-order valence-electron chi connectivity index (χ4n) is 4.13. The highest BCUT2D eigenvalue weighted by Gasteiger charge is 2.17. The summed E-state index contributed by atoms with van der Waals surface area (Å²) in [4.78, 5) is 4.30. The van der Waals surface area contributed by atoms with E-state index in [0.29, 0.717) is 25.2 Å². The molecule has 2 fully saturated rings. The summed E-state index contributed by atoms with van der Waals surface area (Å²) in [6.07, 6.45) is 10.8. The van der Waals surface area contributed by atoms with Gasteiger partial charge < -0.3 is 14.2 Å². The van der Waals surface area contributed by atoms with Crippen LogP contribution in [0.3, 0.4) is 0 Å². The number of hydrogen-bond donors (Lipinski definition) is 0. The summed E-state index contributed by atoms with van der Waals surface area (Å²) >= 11 is 0. The maximum Gasteiger partial charge on any atom is 0.213 e. The van der Waals surface area contributed by atoms with Crippen molar-refractivity contribution in [3.63, 3.8) is 0 Å². The zero-order valence-corrected chi connectivity index (χ0v) is 15.9. The summed E-state index contributed by atoms with van der Waals surface area (Å²) in [6, 6.07) is 12.6. The largest absolute Gasteiger partial charge is 0.490 e. The molecule has 2 aliphatic rings. The van der Waals surface area contributed by atoms with Gasteiger partial charge in [-0.1, -0.05) is 25.0 Å². The van der Waals surface area contributed by atoms with Gasteiger partial charge in [-0.25, -0.2) is 4.98 Å². The van der Waals surface area contributed by atoms with Crippen LogP contribution in [0, 0.1) is 0 Å². The molecule has 1 aliphatic carbocycles. The van der Waals surface area contributed by atoms with Crippen LogP contribution in [0.15, 0.2) is 42.6 Å². The molecule has 4 nitrogen and oxygen atoms in total. The molecule has 2 heterocycles. The van der Waals surface area contributed by atoms with Gasteiger partial charge in [0.15, 0.2) is 0 Å². The first-order chi connectivity index (χ1) is 13.4. The van der Waals surface area contributed by atoms with Crippen molar-refractivity contribution in [3.05, 3.63) is 53.7 Å². The maximum atomic E-state index is 5.81. The minimum atomic E-state index is 0.343. The average Bonchev–Trinajstić information content (AvgIpc) is 3.40. The molecule has 1 saturated carbocycles. The van der Waals surface area contributed by atoms with Crippen LogP contribution in [0.5, 0.6) is 11.6 Å². The van der Waals surface area contributed by atoms with Gasteiger partial charge in [0.1, 0.15) is 19.0 Å². The third-order valence-electron chi connectivity index (χ3n) is 5.60. The van der Waals surface area contributed by atoms with E-state index < -0.39 is 0 Å². The molecule has 144 valence electrons. The van der Waals surface area contributed by atoms with Gasteiger partial charge in [0.05, 0.1) is 6.10 Å². The van der Waals surface area contributed by atoms with Gasteiger partial charge in [0, 0.05) is 18.9 Å². The van der Waals surface area contributed by atoms with Gasteiger partial charge in [-0.2, -0.15) is 0 Å². The molecule has 0 radical (unpaired) electrons. The molecule has 0 amide bonds. The molecule has 0 N–H and O–H groups in total. The summed E-state index contributed by atoms with van der Waals surface area (Å²) in [5.74, 6) is 2.31. The molecule has 4 heteroatoms. The molecule has 0 bridgehead atoms. The van der Waals surface area contributed by atoms with Crippen LogP contribution in [0.25, 0.3) is 0 Å². The van der Waals surface area contributed by atoms with Crippen LogP contribution in [0.4, 0.5) is 0 Å². The van der Waals surface area contributed by atoms with E-state index in [9.17, 15) is 0 Å². The summed E-state index contributed by atoms with van der Waals surface area (Å²) < 4.78 is 17.3. The van der Waals surface area contributed by atoms with Crippen molar-refractivity contribution in [2.75, 3.05) is 19.8 Å². The Bertz CT molecular complexity index is 704. The minimum Gasteiger partial charge on any atom is -0.490 e. The lowest BCUT2D eigenvalue weighted by molar-refractivity contribution is 0.111. The smallest absolute Gasteiger partial charge is 0.213 e. The van der Waals surface area contributed by atoms with E-state index in [4.69, 9.17) is 14.2 Å². The SMILES string of the molecule is c1cc(CC2CCCO2)cc(OCCOc2ccc(C3CCCC3)cc2)n1. The van der Waals surface area contributed by atoms with Crippen LogP contribution in [0.2, 0.25) is 0 Å². The number of ether oxygens (including phenoxy) is 3. The van der Waals surface area contributed by atoms with Crippen molar-refractivity contribution in [1.29, 1.82) is 0 Å². The Morgan fingerprint density at radius 2 is 1.74 bits per heavy atom. The normalized spacial score (nSPS) is 20.1. The summed E-state index contributed by atoms with van der Waals surface area (Å²) in [5, 5.41) is 0. The maximum absolute atomic E-state index is 5.81. The van der Waals surface area contributed by atoms with Crippen LogP contribution < -0.4 is 9.47 Å². The fraction of sp³-hybridized carbons (Fsp3) is 0.522. The predicted molar refractivity (Wildman–Crippen MR) is 106 cm³/mol. The van der Waals surface area contributed by atoms with E-state index in [1.807, 2.05) is 18.3 Å². The third-order valence-corrected chi connectivity index (χ3v) is 5.60. The van der Waals surface area contributed by atoms with Crippen LogP contribution in [0.1, 0.15) is 55.6 Å². The topological polar surface area (TPSA) is 40.6 Å². The minimum absolute atomic E-state index is 0.343. The van der Waals surface area contributed by atoms with Gasteiger partial charge >= 0.3 is 0 Å². The molecule has 1 atom stereocenters. The van der Waals surface area contributed by atoms with Gasteiger partial charge in [-0.3, -0.25) is 0 Å². The fourth-order valence-corrected chi connectivity index (χ4v) is 4.13. The number of pyridine rings is 1. The van der Waals surface area contributed by atoms with E-state index in [-0.39, 0.29) is 0 Å². The predicted octanol–water partition coefficient (Wildman–Crippen LogP) is 4.92. The monoisotopic (exact) mass is 367 g/mol. The number of hydrogen-bond acceptors (Lipinski definition) is 4. The van der Waals surface area contributed by atoms with E-state index in [2.05, 4.69) is 29.2 Å². The molecule has 2 aromatic rings. The number of nitrogens with zero attached hydrogens (tertiary/aromatic N) is 1. The summed E-state index contributed by atoms with van der Waals surface area (Å²) in [7, 11) is 0. The molecule has 0 spiro atoms. The van der Waals surface area contributed by atoms with Crippen LogP contribution in [-0.2, 0) is 11.2 Å². The first kappa shape index (κ1) is 18.3. The standard InChI is InChI=1S/C23H29NO3/c1-2-5-19(4-1)20-7-9-21(10-8-20)26-14-15-27-23-17-18(11-12-24-23)16-22-6-3-13-25-22/h7-12,17,19,22H,1-6,13-16H2. The lowest BCUT2D eigenvalue weighted by Gasteiger charge is -2.12. The highest BCUT2D eigenvalue weighted by molar-refractivity contribution is 5.30. The Labute approximate surface area is 161 Å². The zero-order valence-electron chi connectivity index (χ0n) is 15.9. The van der Waals surface area contributed by atoms with E-state index >= 15 is 0 Å². The second-order valence-corrected chi connectivity index (χ2v) is 7.59. The van der Waals surface area contributed by atoms with Gasteiger partial charge in [-0.05, 0) is 67.3 Å². The van der Waals surface area contributed by atoms with Crippen LogP contribution in [-0.4, -0.2) is 30.9 Å². The van der Waals surface area contributed by atoms with Crippen molar-refractivity contribution in [1.82, 2.24) is 4.98 Å². The molecule has 1 aliphatic heterocycles. The van der Waals surface area contributed by atoms with E-state index in [1.54, 1.807) is 0 Å².